The van der Waals surface area contributed by atoms with Crippen molar-refractivity contribution in [3.05, 3.63) is 29.3 Å². The first kappa shape index (κ1) is 22.1. The Hall–Kier alpha value is -2.41. The SMILES string of the molecule is O=C1CCC(N2Cc3cc(O[C@@H]4CCCC[C@@H]4N4CC(C5CCCC5)C4)ccc3C2=O)C(=O)N1. The summed E-state index contributed by atoms with van der Waals surface area (Å²) in [6, 6.07) is 5.65. The summed E-state index contributed by atoms with van der Waals surface area (Å²) in [5.41, 5.74) is 1.55. The highest BCUT2D eigenvalue weighted by atomic mass is 16.5. The van der Waals surface area contributed by atoms with Gasteiger partial charge in [0, 0.05) is 37.7 Å². The summed E-state index contributed by atoms with van der Waals surface area (Å²) in [5.74, 6) is 1.88. The molecule has 0 bridgehead atoms. The predicted molar refractivity (Wildman–Crippen MR) is 126 cm³/mol. The van der Waals surface area contributed by atoms with Gasteiger partial charge in [0.2, 0.25) is 11.8 Å². The lowest BCUT2D eigenvalue weighted by molar-refractivity contribution is -0.136. The number of nitrogens with one attached hydrogen (secondary N) is 1. The van der Waals surface area contributed by atoms with Gasteiger partial charge in [-0.1, -0.05) is 32.1 Å². The Kier molecular flexibility index (Phi) is 5.84. The number of ether oxygens (including phenoxy) is 1. The van der Waals surface area contributed by atoms with Gasteiger partial charge in [0.05, 0.1) is 0 Å². The van der Waals surface area contributed by atoms with Crippen LogP contribution < -0.4 is 10.1 Å². The van der Waals surface area contributed by atoms with Crippen LogP contribution in [0.2, 0.25) is 0 Å². The third-order valence-electron chi connectivity index (χ3n) is 8.92. The van der Waals surface area contributed by atoms with E-state index in [2.05, 4.69) is 10.2 Å². The molecule has 1 aromatic rings. The zero-order chi connectivity index (χ0) is 23.2. The number of nitrogens with zero attached hydrogens (tertiary/aromatic N) is 2. The largest absolute Gasteiger partial charge is 0.489 e. The second-order valence-corrected chi connectivity index (χ2v) is 11.0. The van der Waals surface area contributed by atoms with Crippen LogP contribution in [-0.4, -0.2) is 58.8 Å². The number of fused-ring (bicyclic) bond motifs is 1. The average molecular weight is 466 g/mol. The number of piperidine rings is 1. The van der Waals surface area contributed by atoms with Crippen LogP contribution in [0.25, 0.3) is 0 Å². The zero-order valence-corrected chi connectivity index (χ0v) is 19.8. The highest BCUT2D eigenvalue weighted by Gasteiger charge is 2.42. The maximum atomic E-state index is 13.0. The molecule has 182 valence electrons. The van der Waals surface area contributed by atoms with Gasteiger partial charge in [0.1, 0.15) is 17.9 Å². The fourth-order valence-electron chi connectivity index (χ4n) is 6.98. The van der Waals surface area contributed by atoms with Gasteiger partial charge in [0.25, 0.3) is 5.91 Å². The molecule has 1 unspecified atom stereocenters. The number of carbonyl (C=O) groups is 3. The van der Waals surface area contributed by atoms with Crippen LogP contribution in [0.15, 0.2) is 18.2 Å². The summed E-state index contributed by atoms with van der Waals surface area (Å²) >= 11 is 0. The van der Waals surface area contributed by atoms with Gasteiger partial charge < -0.3 is 9.64 Å². The highest BCUT2D eigenvalue weighted by molar-refractivity contribution is 6.05. The van der Waals surface area contributed by atoms with Gasteiger partial charge in [0.15, 0.2) is 0 Å². The number of amides is 3. The Morgan fingerprint density at radius 3 is 2.44 bits per heavy atom. The van der Waals surface area contributed by atoms with E-state index in [1.807, 2.05) is 18.2 Å². The topological polar surface area (TPSA) is 79.0 Å². The quantitative estimate of drug-likeness (QED) is 0.676. The molecule has 1 N–H and O–H groups in total. The lowest BCUT2D eigenvalue weighted by Gasteiger charge is -2.50. The van der Waals surface area contributed by atoms with Crippen LogP contribution in [-0.2, 0) is 16.1 Å². The fraction of sp³-hybridized carbons (Fsp3) is 0.667. The van der Waals surface area contributed by atoms with E-state index < -0.39 is 6.04 Å². The third-order valence-corrected chi connectivity index (χ3v) is 8.92. The Bertz CT molecular complexity index is 982. The second kappa shape index (κ2) is 8.99. The molecule has 6 rings (SSSR count). The molecule has 7 nitrogen and oxygen atoms in total. The van der Waals surface area contributed by atoms with Crippen molar-refractivity contribution in [2.45, 2.75) is 88.9 Å². The van der Waals surface area contributed by atoms with E-state index in [0.717, 1.165) is 29.6 Å². The van der Waals surface area contributed by atoms with Gasteiger partial charge in [-0.15, -0.1) is 0 Å². The molecular formula is C27H35N3O4. The van der Waals surface area contributed by atoms with Crippen molar-refractivity contribution < 1.29 is 19.1 Å². The number of benzene rings is 1. The van der Waals surface area contributed by atoms with Gasteiger partial charge in [-0.05, 0) is 61.3 Å². The summed E-state index contributed by atoms with van der Waals surface area (Å²) in [4.78, 5) is 41.0. The van der Waals surface area contributed by atoms with Crippen LogP contribution in [0.5, 0.6) is 5.75 Å². The Balaban J connectivity index is 1.11. The van der Waals surface area contributed by atoms with Gasteiger partial charge in [-0.2, -0.15) is 0 Å². The smallest absolute Gasteiger partial charge is 0.255 e. The van der Waals surface area contributed by atoms with Crippen molar-refractivity contribution in [1.82, 2.24) is 15.1 Å². The standard InChI is InChI=1S/C27H35N3O4/c31-25-12-11-23(26(32)28-25)30-16-18-13-20(9-10-21(18)27(30)33)34-24-8-4-3-7-22(24)29-14-19(15-29)17-5-1-2-6-17/h9-10,13,17,19,22-24H,1-8,11-12,14-16H2,(H,28,31,32)/t22-,23?,24+/m0/s1. The minimum Gasteiger partial charge on any atom is -0.489 e. The first-order valence-corrected chi connectivity index (χ1v) is 13.2. The second-order valence-electron chi connectivity index (χ2n) is 11.0. The minimum atomic E-state index is -0.580. The molecule has 3 aliphatic heterocycles. The average Bonchev–Trinajstić information content (AvgIpc) is 3.42. The van der Waals surface area contributed by atoms with E-state index in [0.29, 0.717) is 24.6 Å². The van der Waals surface area contributed by atoms with Crippen LogP contribution in [0.3, 0.4) is 0 Å². The number of likely N-dealkylation sites (tertiary alicyclic amines) is 1. The number of carbonyl (C=O) groups excluding carboxylic acids is 3. The molecule has 0 radical (unpaired) electrons. The maximum absolute atomic E-state index is 13.0. The molecule has 34 heavy (non-hydrogen) atoms. The third kappa shape index (κ3) is 4.02. The molecule has 2 saturated carbocycles. The summed E-state index contributed by atoms with van der Waals surface area (Å²) in [7, 11) is 0. The molecule has 2 aliphatic carbocycles. The first-order chi connectivity index (χ1) is 16.6. The summed E-state index contributed by atoms with van der Waals surface area (Å²) in [6.07, 6.45) is 11.3. The van der Waals surface area contributed by atoms with Crippen LogP contribution in [0.1, 0.15) is 80.1 Å². The van der Waals surface area contributed by atoms with E-state index in [4.69, 9.17) is 4.74 Å². The van der Waals surface area contributed by atoms with Gasteiger partial charge >= 0.3 is 0 Å². The lowest BCUT2D eigenvalue weighted by Crippen LogP contribution is -2.59. The monoisotopic (exact) mass is 465 g/mol. The molecule has 3 amide bonds. The normalized spacial score (nSPS) is 30.9. The minimum absolute atomic E-state index is 0.134. The van der Waals surface area contributed by atoms with Crippen LogP contribution >= 0.6 is 0 Å². The highest BCUT2D eigenvalue weighted by Crippen LogP contribution is 2.40. The van der Waals surface area contributed by atoms with E-state index in [-0.39, 0.29) is 30.2 Å². The van der Waals surface area contributed by atoms with Gasteiger partial charge in [-0.3, -0.25) is 24.6 Å². The molecule has 0 spiro atoms. The number of rotatable bonds is 5. The molecule has 7 heteroatoms. The molecule has 0 aromatic heterocycles. The number of imide groups is 1. The van der Waals surface area contributed by atoms with Crippen molar-refractivity contribution in [2.75, 3.05) is 13.1 Å². The lowest BCUT2D eigenvalue weighted by atomic mass is 9.81. The molecular weight excluding hydrogens is 430 g/mol. The molecule has 4 fully saturated rings. The Labute approximate surface area is 201 Å². The van der Waals surface area contributed by atoms with E-state index in [1.54, 1.807) is 4.90 Å². The van der Waals surface area contributed by atoms with Crippen LogP contribution in [0.4, 0.5) is 0 Å². The molecule has 5 aliphatic rings. The van der Waals surface area contributed by atoms with Gasteiger partial charge in [-0.25, -0.2) is 0 Å². The Morgan fingerprint density at radius 2 is 1.65 bits per heavy atom. The molecule has 3 atom stereocenters. The van der Waals surface area contributed by atoms with E-state index in [1.165, 1.54) is 58.0 Å². The maximum Gasteiger partial charge on any atom is 0.255 e. The molecule has 1 aromatic carbocycles. The van der Waals surface area contributed by atoms with E-state index in [9.17, 15) is 14.4 Å². The van der Waals surface area contributed by atoms with Crippen molar-refractivity contribution >= 4 is 17.7 Å². The number of hydrogen-bond donors (Lipinski definition) is 1. The van der Waals surface area contributed by atoms with Crippen molar-refractivity contribution in [3.8, 4) is 5.75 Å². The van der Waals surface area contributed by atoms with Crippen LogP contribution in [0, 0.1) is 11.8 Å². The predicted octanol–water partition coefficient (Wildman–Crippen LogP) is 3.26. The Morgan fingerprint density at radius 1 is 0.882 bits per heavy atom. The first-order valence-electron chi connectivity index (χ1n) is 13.2. The zero-order valence-electron chi connectivity index (χ0n) is 19.8. The van der Waals surface area contributed by atoms with Crippen molar-refractivity contribution in [3.63, 3.8) is 0 Å². The molecule has 2 saturated heterocycles. The van der Waals surface area contributed by atoms with Crippen molar-refractivity contribution in [2.24, 2.45) is 11.8 Å². The number of hydrogen-bond acceptors (Lipinski definition) is 5. The fourth-order valence-corrected chi connectivity index (χ4v) is 6.98. The summed E-state index contributed by atoms with van der Waals surface area (Å²) < 4.78 is 6.57. The summed E-state index contributed by atoms with van der Waals surface area (Å²) in [5, 5.41) is 2.37. The molecule has 3 heterocycles. The van der Waals surface area contributed by atoms with E-state index >= 15 is 0 Å². The van der Waals surface area contributed by atoms with Crippen molar-refractivity contribution in [1.29, 1.82) is 0 Å². The summed E-state index contributed by atoms with van der Waals surface area (Å²) in [6.45, 7) is 2.85.